The van der Waals surface area contributed by atoms with Crippen LogP contribution < -0.4 is 20.9 Å². The molecule has 2 N–H and O–H groups in total. The van der Waals surface area contributed by atoms with E-state index in [2.05, 4.69) is 45.1 Å². The van der Waals surface area contributed by atoms with E-state index in [4.69, 9.17) is 0 Å². The molecule has 24 heavy (non-hydrogen) atoms. The lowest BCUT2D eigenvalue weighted by molar-refractivity contribution is -0.122. The fourth-order valence-corrected chi connectivity index (χ4v) is 3.43. The minimum Gasteiger partial charge on any atom is -0.308 e. The van der Waals surface area contributed by atoms with Crippen LogP contribution in [0.25, 0.3) is 0 Å². The molecule has 0 saturated carbocycles. The van der Waals surface area contributed by atoms with E-state index in [1.54, 1.807) is 0 Å². The maximum Gasteiger partial charge on any atom is 0.170 e. The molecule has 2 saturated heterocycles. The van der Waals surface area contributed by atoms with Gasteiger partial charge in [0.05, 0.1) is 23.5 Å². The van der Waals surface area contributed by atoms with Gasteiger partial charge in [0, 0.05) is 13.1 Å². The van der Waals surface area contributed by atoms with Crippen molar-refractivity contribution in [2.45, 2.75) is 24.9 Å². The van der Waals surface area contributed by atoms with E-state index in [1.165, 1.54) is 0 Å². The SMILES string of the molecule is O=C(C1CCN(c2ccccc2)N1)C1CCN(c2ccccc2)N1. The summed E-state index contributed by atoms with van der Waals surface area (Å²) in [6, 6.07) is 20.1. The first-order valence-electron chi connectivity index (χ1n) is 8.52. The van der Waals surface area contributed by atoms with Crippen LogP contribution in [0.3, 0.4) is 0 Å². The first kappa shape index (κ1) is 15.2. The largest absolute Gasteiger partial charge is 0.308 e. The Balaban J connectivity index is 1.37. The van der Waals surface area contributed by atoms with E-state index in [9.17, 15) is 4.79 Å². The van der Waals surface area contributed by atoms with Gasteiger partial charge in [-0.2, -0.15) is 0 Å². The molecule has 0 radical (unpaired) electrons. The molecule has 2 aromatic carbocycles. The standard InChI is InChI=1S/C19H22N4O/c24-19(17-11-13-22(20-17)15-7-3-1-4-8-15)18-12-14-23(21-18)16-9-5-2-6-10-16/h1-10,17-18,20-21H,11-14H2. The van der Waals surface area contributed by atoms with Crippen LogP contribution in [0, 0.1) is 0 Å². The highest BCUT2D eigenvalue weighted by Crippen LogP contribution is 2.21. The van der Waals surface area contributed by atoms with Crippen molar-refractivity contribution in [1.82, 2.24) is 10.9 Å². The Labute approximate surface area is 142 Å². The molecule has 5 heteroatoms. The summed E-state index contributed by atoms with van der Waals surface area (Å²) in [5, 5.41) is 4.15. The zero-order chi connectivity index (χ0) is 16.4. The maximum atomic E-state index is 12.8. The smallest absolute Gasteiger partial charge is 0.170 e. The summed E-state index contributed by atoms with van der Waals surface area (Å²) in [5.74, 6) is 0.256. The van der Waals surface area contributed by atoms with Crippen LogP contribution in [0.4, 0.5) is 11.4 Å². The van der Waals surface area contributed by atoms with Gasteiger partial charge in [-0.3, -0.25) is 4.79 Å². The molecule has 0 aliphatic carbocycles. The molecule has 0 spiro atoms. The molecule has 2 heterocycles. The third-order valence-electron chi connectivity index (χ3n) is 4.73. The number of hydrazine groups is 2. The van der Waals surface area contributed by atoms with Crippen molar-refractivity contribution >= 4 is 17.2 Å². The molecule has 2 atom stereocenters. The maximum absolute atomic E-state index is 12.8. The van der Waals surface area contributed by atoms with Crippen LogP contribution >= 0.6 is 0 Å². The molecule has 5 nitrogen and oxygen atoms in total. The number of carbonyl (C=O) groups excluding carboxylic acids is 1. The molecule has 2 aliphatic heterocycles. The van der Waals surface area contributed by atoms with Crippen molar-refractivity contribution in [2.24, 2.45) is 0 Å². The Morgan fingerprint density at radius 1 is 0.750 bits per heavy atom. The van der Waals surface area contributed by atoms with Gasteiger partial charge in [0.1, 0.15) is 0 Å². The van der Waals surface area contributed by atoms with Gasteiger partial charge in [0.2, 0.25) is 0 Å². The molecule has 2 aliphatic rings. The molecule has 2 unspecified atom stereocenters. The number of rotatable bonds is 4. The van der Waals surface area contributed by atoms with E-state index >= 15 is 0 Å². The van der Waals surface area contributed by atoms with Crippen molar-refractivity contribution in [2.75, 3.05) is 23.1 Å². The molecule has 4 rings (SSSR count). The predicted octanol–water partition coefficient (Wildman–Crippen LogP) is 2.12. The van der Waals surface area contributed by atoms with Crippen LogP contribution in [0.1, 0.15) is 12.8 Å². The Kier molecular flexibility index (Phi) is 4.19. The van der Waals surface area contributed by atoms with Crippen LogP contribution in [-0.4, -0.2) is 31.0 Å². The Hall–Kier alpha value is -2.37. The summed E-state index contributed by atoms with van der Waals surface area (Å²) in [6.07, 6.45) is 1.69. The highest BCUT2D eigenvalue weighted by Gasteiger charge is 2.36. The number of Topliss-reactive ketones (excluding diaryl/α,β-unsaturated/α-hetero) is 1. The Bertz CT molecular complexity index is 632. The molecule has 0 bridgehead atoms. The second-order valence-electron chi connectivity index (χ2n) is 6.32. The second-order valence-corrected chi connectivity index (χ2v) is 6.32. The number of hydrogen-bond acceptors (Lipinski definition) is 5. The lowest BCUT2D eigenvalue weighted by Gasteiger charge is -2.22. The molecule has 2 fully saturated rings. The average Bonchev–Trinajstić information content (AvgIpc) is 3.33. The normalized spacial score (nSPS) is 23.7. The van der Waals surface area contributed by atoms with Crippen molar-refractivity contribution in [3.05, 3.63) is 60.7 Å². The lowest BCUT2D eigenvalue weighted by atomic mass is 10.0. The molecule has 0 amide bonds. The first-order chi connectivity index (χ1) is 11.8. The minimum atomic E-state index is -0.113. The minimum absolute atomic E-state index is 0.113. The first-order valence-corrected chi connectivity index (χ1v) is 8.52. The fraction of sp³-hybridized carbons (Fsp3) is 0.316. The highest BCUT2D eigenvalue weighted by atomic mass is 16.1. The summed E-state index contributed by atoms with van der Waals surface area (Å²) < 4.78 is 0. The van der Waals surface area contributed by atoms with Gasteiger partial charge < -0.3 is 10.0 Å². The van der Waals surface area contributed by atoms with E-state index in [0.717, 1.165) is 37.3 Å². The average molecular weight is 322 g/mol. The van der Waals surface area contributed by atoms with Gasteiger partial charge >= 0.3 is 0 Å². The number of nitrogens with zero attached hydrogens (tertiary/aromatic N) is 2. The fourth-order valence-electron chi connectivity index (χ4n) is 3.43. The zero-order valence-electron chi connectivity index (χ0n) is 13.6. The monoisotopic (exact) mass is 322 g/mol. The van der Waals surface area contributed by atoms with Gasteiger partial charge in [0.25, 0.3) is 0 Å². The van der Waals surface area contributed by atoms with Gasteiger partial charge in [-0.25, -0.2) is 10.9 Å². The van der Waals surface area contributed by atoms with E-state index in [0.29, 0.717) is 0 Å². The van der Waals surface area contributed by atoms with Crippen LogP contribution in [0.2, 0.25) is 0 Å². The van der Waals surface area contributed by atoms with Crippen LogP contribution in [0.15, 0.2) is 60.7 Å². The number of anilines is 2. The number of nitrogens with one attached hydrogen (secondary N) is 2. The summed E-state index contributed by atoms with van der Waals surface area (Å²) in [4.78, 5) is 12.8. The van der Waals surface area contributed by atoms with Gasteiger partial charge in [-0.05, 0) is 37.1 Å². The number of para-hydroxylation sites is 2. The topological polar surface area (TPSA) is 47.6 Å². The van der Waals surface area contributed by atoms with Gasteiger partial charge in [-0.1, -0.05) is 36.4 Å². The number of carbonyl (C=O) groups is 1. The zero-order valence-corrected chi connectivity index (χ0v) is 13.6. The van der Waals surface area contributed by atoms with Crippen LogP contribution in [-0.2, 0) is 4.79 Å². The van der Waals surface area contributed by atoms with Gasteiger partial charge in [-0.15, -0.1) is 0 Å². The van der Waals surface area contributed by atoms with Crippen molar-refractivity contribution in [1.29, 1.82) is 0 Å². The molecule has 0 aromatic heterocycles. The van der Waals surface area contributed by atoms with E-state index in [-0.39, 0.29) is 17.9 Å². The van der Waals surface area contributed by atoms with Crippen molar-refractivity contribution < 1.29 is 4.79 Å². The third kappa shape index (κ3) is 3.00. The number of benzene rings is 2. The molecule has 2 aromatic rings. The molecular weight excluding hydrogens is 300 g/mol. The predicted molar refractivity (Wildman–Crippen MR) is 95.7 cm³/mol. The lowest BCUT2D eigenvalue weighted by Crippen LogP contribution is -2.48. The van der Waals surface area contributed by atoms with Crippen molar-refractivity contribution in [3.8, 4) is 0 Å². The third-order valence-corrected chi connectivity index (χ3v) is 4.73. The second kappa shape index (κ2) is 6.63. The summed E-state index contributed by atoms with van der Waals surface area (Å²) >= 11 is 0. The highest BCUT2D eigenvalue weighted by molar-refractivity contribution is 5.90. The van der Waals surface area contributed by atoms with E-state index in [1.807, 2.05) is 36.4 Å². The number of ketones is 1. The molecular formula is C19H22N4O. The van der Waals surface area contributed by atoms with Gasteiger partial charge in [0.15, 0.2) is 5.78 Å². The van der Waals surface area contributed by atoms with Crippen molar-refractivity contribution in [3.63, 3.8) is 0 Å². The summed E-state index contributed by atoms with van der Waals surface area (Å²) in [6.45, 7) is 1.71. The quantitative estimate of drug-likeness (QED) is 0.903. The van der Waals surface area contributed by atoms with Crippen LogP contribution in [0.5, 0.6) is 0 Å². The Morgan fingerprint density at radius 3 is 1.58 bits per heavy atom. The van der Waals surface area contributed by atoms with E-state index < -0.39 is 0 Å². The number of hydrogen-bond donors (Lipinski definition) is 2. The summed E-state index contributed by atoms with van der Waals surface area (Å²) in [5.41, 5.74) is 8.95. The Morgan fingerprint density at radius 2 is 1.17 bits per heavy atom. The summed E-state index contributed by atoms with van der Waals surface area (Å²) in [7, 11) is 0. The molecule has 124 valence electrons.